The van der Waals surface area contributed by atoms with E-state index in [4.69, 9.17) is 33.7 Å². The molecule has 2 aliphatic rings. The number of nitrogens with two attached hydrogens (primary N) is 1. The second-order valence-electron chi connectivity index (χ2n) is 8.26. The van der Waals surface area contributed by atoms with Gasteiger partial charge in [-0.3, -0.25) is 9.42 Å². The number of hydrogen-bond acceptors (Lipinski definition) is 8. The predicted octanol–water partition coefficient (Wildman–Crippen LogP) is 2.51. The minimum absolute atomic E-state index is 0.0126. The van der Waals surface area contributed by atoms with E-state index in [1.54, 1.807) is 6.92 Å². The summed E-state index contributed by atoms with van der Waals surface area (Å²) in [6.45, 7) is 15.2. The standard InChI is InChI=1S/C19H36NO8P/c1-10(2)23-9-16-19(17(20)13(6)26-16)28-29(21,22)27-14(7)18-15(24-11(3)4)8-12(5)25-18/h10-13,15-19H,7-9,20H2,1-6H3,(H,21,22). The Morgan fingerprint density at radius 3 is 2.48 bits per heavy atom. The lowest BCUT2D eigenvalue weighted by atomic mass is 10.1. The molecule has 0 saturated carbocycles. The molecule has 2 fully saturated rings. The lowest BCUT2D eigenvalue weighted by Crippen LogP contribution is -2.42. The fourth-order valence-corrected chi connectivity index (χ4v) is 4.52. The molecule has 0 aromatic heterocycles. The van der Waals surface area contributed by atoms with Crippen molar-refractivity contribution in [3.63, 3.8) is 0 Å². The highest BCUT2D eigenvalue weighted by atomic mass is 31.2. The van der Waals surface area contributed by atoms with Crippen molar-refractivity contribution in [2.45, 2.75) is 103 Å². The molecule has 0 radical (unpaired) electrons. The van der Waals surface area contributed by atoms with Crippen molar-refractivity contribution in [1.29, 1.82) is 0 Å². The van der Waals surface area contributed by atoms with E-state index in [1.807, 2.05) is 34.6 Å². The summed E-state index contributed by atoms with van der Waals surface area (Å²) >= 11 is 0. The largest absolute Gasteiger partial charge is 0.527 e. The Labute approximate surface area is 173 Å². The lowest BCUT2D eigenvalue weighted by Gasteiger charge is -2.27. The third-order valence-corrected chi connectivity index (χ3v) is 5.78. The highest BCUT2D eigenvalue weighted by Gasteiger charge is 2.47. The summed E-state index contributed by atoms with van der Waals surface area (Å²) in [5.74, 6) is -0.0126. The average Bonchev–Trinajstić information content (AvgIpc) is 3.06. The minimum atomic E-state index is -4.53. The van der Waals surface area contributed by atoms with Crippen LogP contribution in [-0.4, -0.2) is 66.4 Å². The normalized spacial score (nSPS) is 37.2. The van der Waals surface area contributed by atoms with Crippen LogP contribution in [0.5, 0.6) is 0 Å². The summed E-state index contributed by atoms with van der Waals surface area (Å²) in [6.07, 6.45) is -2.29. The molecular formula is C19H36NO8P. The molecule has 0 amide bonds. The van der Waals surface area contributed by atoms with Crippen molar-refractivity contribution in [3.8, 4) is 0 Å². The molecular weight excluding hydrogens is 401 g/mol. The Morgan fingerprint density at radius 2 is 1.90 bits per heavy atom. The Balaban J connectivity index is 2.01. The second-order valence-corrected chi connectivity index (χ2v) is 9.59. The van der Waals surface area contributed by atoms with E-state index in [9.17, 15) is 9.46 Å². The SMILES string of the molecule is C=C(OP(=O)(O)OC1C(COC(C)C)OC(C)C1N)C1OC(C)CC1OC(C)C. The molecule has 10 heteroatoms. The van der Waals surface area contributed by atoms with Gasteiger partial charge in [-0.2, -0.15) is 0 Å². The number of phosphoric acid groups is 1. The Bertz CT molecular complexity index is 601. The van der Waals surface area contributed by atoms with Gasteiger partial charge in [0.15, 0.2) is 0 Å². The third-order valence-electron chi connectivity index (χ3n) is 4.80. The predicted molar refractivity (Wildman–Crippen MR) is 107 cm³/mol. The zero-order valence-electron chi connectivity index (χ0n) is 18.1. The number of phosphoric ester groups is 1. The van der Waals surface area contributed by atoms with E-state index in [1.165, 1.54) is 0 Å². The molecule has 0 aliphatic carbocycles. The molecule has 2 rings (SSSR count). The maximum absolute atomic E-state index is 12.7. The maximum Gasteiger partial charge on any atom is 0.527 e. The van der Waals surface area contributed by atoms with E-state index >= 15 is 0 Å². The Morgan fingerprint density at radius 1 is 1.24 bits per heavy atom. The molecule has 0 aromatic carbocycles. The van der Waals surface area contributed by atoms with Gasteiger partial charge in [0.25, 0.3) is 0 Å². The van der Waals surface area contributed by atoms with Crippen LogP contribution in [-0.2, 0) is 32.6 Å². The van der Waals surface area contributed by atoms with Gasteiger partial charge < -0.3 is 29.2 Å². The Hall–Kier alpha value is -0.510. The summed E-state index contributed by atoms with van der Waals surface area (Å²) in [4.78, 5) is 10.3. The summed E-state index contributed by atoms with van der Waals surface area (Å²) < 4.78 is 46.2. The third kappa shape index (κ3) is 7.01. The van der Waals surface area contributed by atoms with Gasteiger partial charge in [-0.25, -0.2) is 4.57 Å². The molecule has 3 N–H and O–H groups in total. The van der Waals surface area contributed by atoms with Crippen LogP contribution < -0.4 is 5.73 Å². The highest BCUT2D eigenvalue weighted by Crippen LogP contribution is 2.50. The average molecular weight is 437 g/mol. The smallest absolute Gasteiger partial charge is 0.406 e. The van der Waals surface area contributed by atoms with Gasteiger partial charge in [0.1, 0.15) is 24.1 Å². The molecule has 170 valence electrons. The molecule has 2 saturated heterocycles. The van der Waals surface area contributed by atoms with Crippen LogP contribution in [0.3, 0.4) is 0 Å². The molecule has 9 nitrogen and oxygen atoms in total. The molecule has 0 aromatic rings. The van der Waals surface area contributed by atoms with E-state index in [-0.39, 0.29) is 42.9 Å². The summed E-state index contributed by atoms with van der Waals surface area (Å²) in [7, 11) is -4.53. The van der Waals surface area contributed by atoms with Crippen molar-refractivity contribution in [2.24, 2.45) is 5.73 Å². The first-order valence-electron chi connectivity index (χ1n) is 10.1. The first kappa shape index (κ1) is 24.8. The van der Waals surface area contributed by atoms with Gasteiger partial charge in [-0.1, -0.05) is 6.58 Å². The highest BCUT2D eigenvalue weighted by molar-refractivity contribution is 7.47. The molecule has 29 heavy (non-hydrogen) atoms. The first-order valence-corrected chi connectivity index (χ1v) is 11.6. The van der Waals surface area contributed by atoms with Gasteiger partial charge in [0.05, 0.1) is 43.2 Å². The molecule has 2 aliphatic heterocycles. The number of hydrogen-bond donors (Lipinski definition) is 2. The zero-order valence-corrected chi connectivity index (χ0v) is 19.0. The Kier molecular flexibility index (Phi) is 8.71. The van der Waals surface area contributed by atoms with Crippen LogP contribution >= 0.6 is 7.82 Å². The van der Waals surface area contributed by atoms with E-state index in [2.05, 4.69) is 6.58 Å². The summed E-state index contributed by atoms with van der Waals surface area (Å²) in [6, 6.07) is -0.604. The molecule has 0 bridgehead atoms. The summed E-state index contributed by atoms with van der Waals surface area (Å²) in [5.41, 5.74) is 6.11. The monoisotopic (exact) mass is 437 g/mol. The van der Waals surface area contributed by atoms with Gasteiger partial charge in [0.2, 0.25) is 0 Å². The fraction of sp³-hybridized carbons (Fsp3) is 0.895. The van der Waals surface area contributed by atoms with Crippen molar-refractivity contribution in [1.82, 2.24) is 0 Å². The topological polar surface area (TPSA) is 119 Å². The van der Waals surface area contributed by atoms with E-state index in [0.29, 0.717) is 6.42 Å². The fourth-order valence-electron chi connectivity index (χ4n) is 3.50. The first-order chi connectivity index (χ1) is 13.4. The van der Waals surface area contributed by atoms with Crippen LogP contribution in [0, 0.1) is 0 Å². The van der Waals surface area contributed by atoms with Gasteiger partial charge in [-0.05, 0) is 41.5 Å². The van der Waals surface area contributed by atoms with Crippen LogP contribution in [0.15, 0.2) is 12.3 Å². The zero-order chi connectivity index (χ0) is 21.9. The maximum atomic E-state index is 12.7. The number of rotatable bonds is 10. The van der Waals surface area contributed by atoms with Gasteiger partial charge in [0, 0.05) is 6.42 Å². The van der Waals surface area contributed by atoms with Crippen LogP contribution in [0.25, 0.3) is 0 Å². The van der Waals surface area contributed by atoms with Crippen molar-refractivity contribution >= 4 is 7.82 Å². The van der Waals surface area contributed by atoms with Crippen LogP contribution in [0.4, 0.5) is 0 Å². The van der Waals surface area contributed by atoms with Gasteiger partial charge >= 0.3 is 7.82 Å². The second kappa shape index (κ2) is 10.2. The van der Waals surface area contributed by atoms with E-state index < -0.39 is 32.2 Å². The minimum Gasteiger partial charge on any atom is -0.406 e. The van der Waals surface area contributed by atoms with Crippen LogP contribution in [0.1, 0.15) is 48.0 Å². The molecule has 2 heterocycles. The van der Waals surface area contributed by atoms with Crippen molar-refractivity contribution in [3.05, 3.63) is 12.3 Å². The molecule has 8 unspecified atom stereocenters. The van der Waals surface area contributed by atoms with Gasteiger partial charge in [-0.15, -0.1) is 0 Å². The number of ether oxygens (including phenoxy) is 4. The quantitative estimate of drug-likeness (QED) is 0.392. The van der Waals surface area contributed by atoms with Crippen LogP contribution in [0.2, 0.25) is 0 Å². The molecule has 8 atom stereocenters. The summed E-state index contributed by atoms with van der Waals surface area (Å²) in [5, 5.41) is 0. The molecule has 0 spiro atoms. The van der Waals surface area contributed by atoms with Crippen molar-refractivity contribution in [2.75, 3.05) is 6.61 Å². The lowest BCUT2D eigenvalue weighted by molar-refractivity contribution is -0.0582. The van der Waals surface area contributed by atoms with Crippen molar-refractivity contribution < 1.29 is 37.5 Å². The van der Waals surface area contributed by atoms with E-state index in [0.717, 1.165) is 0 Å².